The van der Waals surface area contributed by atoms with Gasteiger partial charge in [-0.2, -0.15) is 0 Å². The lowest BCUT2D eigenvalue weighted by Gasteiger charge is -2.08. The molecule has 0 unspecified atom stereocenters. The van der Waals surface area contributed by atoms with E-state index in [9.17, 15) is 28.9 Å². The molecule has 2 N–H and O–H groups in total. The van der Waals surface area contributed by atoms with Crippen LogP contribution in [-0.2, 0) is 9.53 Å². The Hall–Kier alpha value is -3.82. The largest absolute Gasteiger partial charge is 0.452 e. The lowest BCUT2D eigenvalue weighted by molar-refractivity contribution is -0.385. The van der Waals surface area contributed by atoms with Crippen LogP contribution in [0.3, 0.4) is 0 Å². The fourth-order valence-corrected chi connectivity index (χ4v) is 1.89. The number of amides is 3. The molecule has 10 heteroatoms. The predicted molar refractivity (Wildman–Crippen MR) is 86.9 cm³/mol. The first kappa shape index (κ1) is 18.5. The smallest absolute Gasteiger partial charge is 0.345 e. The van der Waals surface area contributed by atoms with Crippen LogP contribution < -0.4 is 10.6 Å². The number of carbonyl (C=O) groups excluding carboxylic acids is 3. The fraction of sp³-hybridized carbons (Fsp3) is 0.0625. The number of carbonyl (C=O) groups is 3. The molecule has 0 heterocycles. The first-order chi connectivity index (χ1) is 12.4. The van der Waals surface area contributed by atoms with Crippen LogP contribution in [-0.4, -0.2) is 29.4 Å². The van der Waals surface area contributed by atoms with Gasteiger partial charge in [0.05, 0.1) is 10.6 Å². The molecule has 2 aromatic carbocycles. The summed E-state index contributed by atoms with van der Waals surface area (Å²) in [6.07, 6.45) is 0. The molecule has 0 saturated carbocycles. The SMILES string of the molecule is O=C(COC(=O)c1ccccc1[N+](=O)[O-])NC(=O)Nc1ccccc1F. The monoisotopic (exact) mass is 361 g/mol. The summed E-state index contributed by atoms with van der Waals surface area (Å²) >= 11 is 0. The molecule has 0 aliphatic heterocycles. The summed E-state index contributed by atoms with van der Waals surface area (Å²) in [6.45, 7) is -0.852. The summed E-state index contributed by atoms with van der Waals surface area (Å²) in [4.78, 5) is 45.1. The van der Waals surface area contributed by atoms with E-state index < -0.39 is 40.9 Å². The van der Waals surface area contributed by atoms with E-state index in [1.165, 1.54) is 36.4 Å². The molecule has 0 bridgehead atoms. The molecule has 0 fully saturated rings. The van der Waals surface area contributed by atoms with E-state index in [1.54, 1.807) is 0 Å². The lowest BCUT2D eigenvalue weighted by atomic mass is 10.2. The third-order valence-corrected chi connectivity index (χ3v) is 3.03. The van der Waals surface area contributed by atoms with Crippen LogP contribution in [0.15, 0.2) is 48.5 Å². The molecular formula is C16H12FN3O6. The molecule has 0 radical (unpaired) electrons. The van der Waals surface area contributed by atoms with E-state index in [4.69, 9.17) is 0 Å². The van der Waals surface area contributed by atoms with Crippen LogP contribution in [0.2, 0.25) is 0 Å². The zero-order chi connectivity index (χ0) is 19.1. The molecule has 134 valence electrons. The highest BCUT2D eigenvalue weighted by molar-refractivity contribution is 6.02. The minimum Gasteiger partial charge on any atom is -0.452 e. The van der Waals surface area contributed by atoms with Crippen molar-refractivity contribution >= 4 is 29.3 Å². The van der Waals surface area contributed by atoms with Crippen molar-refractivity contribution in [3.8, 4) is 0 Å². The Labute approximate surface area is 145 Å². The van der Waals surface area contributed by atoms with Gasteiger partial charge in [0.1, 0.15) is 11.4 Å². The average molecular weight is 361 g/mol. The topological polar surface area (TPSA) is 128 Å². The fourth-order valence-electron chi connectivity index (χ4n) is 1.89. The lowest BCUT2D eigenvalue weighted by Crippen LogP contribution is -2.37. The van der Waals surface area contributed by atoms with Crippen molar-refractivity contribution in [2.45, 2.75) is 0 Å². The van der Waals surface area contributed by atoms with Crippen LogP contribution >= 0.6 is 0 Å². The molecule has 0 atom stereocenters. The minimum absolute atomic E-state index is 0.144. The Morgan fingerprint density at radius 1 is 1.08 bits per heavy atom. The Kier molecular flexibility index (Phi) is 5.93. The van der Waals surface area contributed by atoms with Gasteiger partial charge in [0, 0.05) is 6.07 Å². The molecule has 0 aliphatic carbocycles. The number of rotatable bonds is 5. The van der Waals surface area contributed by atoms with E-state index in [1.807, 2.05) is 5.32 Å². The molecule has 0 saturated heterocycles. The number of ether oxygens (including phenoxy) is 1. The minimum atomic E-state index is -1.10. The molecule has 0 aromatic heterocycles. The molecule has 3 amide bonds. The van der Waals surface area contributed by atoms with Crippen molar-refractivity contribution < 1.29 is 28.4 Å². The van der Waals surface area contributed by atoms with Crippen molar-refractivity contribution in [1.82, 2.24) is 5.32 Å². The number of hydrogen-bond acceptors (Lipinski definition) is 6. The number of anilines is 1. The normalized spacial score (nSPS) is 9.88. The van der Waals surface area contributed by atoms with Crippen molar-refractivity contribution in [1.29, 1.82) is 0 Å². The van der Waals surface area contributed by atoms with Gasteiger partial charge < -0.3 is 10.1 Å². The number of halogens is 1. The van der Waals surface area contributed by atoms with Crippen LogP contribution in [0.4, 0.5) is 20.6 Å². The quantitative estimate of drug-likeness (QED) is 0.477. The van der Waals surface area contributed by atoms with E-state index in [-0.39, 0.29) is 11.3 Å². The summed E-state index contributed by atoms with van der Waals surface area (Å²) in [5.41, 5.74) is -0.953. The summed E-state index contributed by atoms with van der Waals surface area (Å²) in [7, 11) is 0. The second-order valence-corrected chi connectivity index (χ2v) is 4.83. The van der Waals surface area contributed by atoms with E-state index in [0.717, 1.165) is 12.1 Å². The number of para-hydroxylation sites is 2. The van der Waals surface area contributed by atoms with Crippen molar-refractivity contribution in [2.75, 3.05) is 11.9 Å². The Morgan fingerprint density at radius 2 is 1.73 bits per heavy atom. The summed E-state index contributed by atoms with van der Waals surface area (Å²) in [5, 5.41) is 14.8. The summed E-state index contributed by atoms with van der Waals surface area (Å²) in [5.74, 6) is -2.79. The van der Waals surface area contributed by atoms with Gasteiger partial charge in [-0.1, -0.05) is 24.3 Å². The standard InChI is InChI=1S/C16H12FN3O6/c17-11-6-2-3-7-12(11)18-16(23)19-14(21)9-26-15(22)10-5-1-4-8-13(10)20(24)25/h1-8H,9H2,(H2,18,19,21,23). The van der Waals surface area contributed by atoms with Gasteiger partial charge in [0.25, 0.3) is 11.6 Å². The third kappa shape index (κ3) is 4.84. The number of imide groups is 1. The number of urea groups is 1. The van der Waals surface area contributed by atoms with Crippen molar-refractivity contribution in [3.63, 3.8) is 0 Å². The van der Waals surface area contributed by atoms with Gasteiger partial charge in [-0.15, -0.1) is 0 Å². The molecule has 0 aliphatic rings. The van der Waals surface area contributed by atoms with E-state index >= 15 is 0 Å². The van der Waals surface area contributed by atoms with Crippen LogP contribution in [0.5, 0.6) is 0 Å². The van der Waals surface area contributed by atoms with E-state index in [0.29, 0.717) is 0 Å². The zero-order valence-corrected chi connectivity index (χ0v) is 13.1. The number of nitrogens with zero attached hydrogens (tertiary/aromatic N) is 1. The molecule has 2 aromatic rings. The average Bonchev–Trinajstić information content (AvgIpc) is 2.61. The van der Waals surface area contributed by atoms with Gasteiger partial charge >= 0.3 is 12.0 Å². The second-order valence-electron chi connectivity index (χ2n) is 4.83. The van der Waals surface area contributed by atoms with Crippen molar-refractivity contribution in [2.24, 2.45) is 0 Å². The summed E-state index contributed by atoms with van der Waals surface area (Å²) in [6, 6.07) is 9.32. The maximum absolute atomic E-state index is 13.4. The number of nitro groups is 1. The van der Waals surface area contributed by atoms with Crippen LogP contribution in [0, 0.1) is 15.9 Å². The maximum atomic E-state index is 13.4. The molecule has 2 rings (SSSR count). The van der Waals surface area contributed by atoms with Gasteiger partial charge in [0.15, 0.2) is 6.61 Å². The van der Waals surface area contributed by atoms with Crippen LogP contribution in [0.25, 0.3) is 0 Å². The predicted octanol–water partition coefficient (Wildman–Crippen LogP) is 2.24. The Bertz CT molecular complexity index is 871. The Morgan fingerprint density at radius 3 is 2.42 bits per heavy atom. The highest BCUT2D eigenvalue weighted by Crippen LogP contribution is 2.18. The number of nitrogens with one attached hydrogen (secondary N) is 2. The van der Waals surface area contributed by atoms with Gasteiger partial charge in [-0.25, -0.2) is 14.0 Å². The van der Waals surface area contributed by atoms with Gasteiger partial charge in [0.2, 0.25) is 0 Å². The number of nitro benzene ring substituents is 1. The van der Waals surface area contributed by atoms with Crippen LogP contribution in [0.1, 0.15) is 10.4 Å². The molecule has 9 nitrogen and oxygen atoms in total. The first-order valence-electron chi connectivity index (χ1n) is 7.14. The van der Waals surface area contributed by atoms with Gasteiger partial charge in [-0.05, 0) is 18.2 Å². The third-order valence-electron chi connectivity index (χ3n) is 3.03. The number of hydrogen-bond donors (Lipinski definition) is 2. The highest BCUT2D eigenvalue weighted by Gasteiger charge is 2.21. The molecule has 0 spiro atoms. The number of esters is 1. The summed E-state index contributed by atoms with van der Waals surface area (Å²) < 4.78 is 18.0. The molecular weight excluding hydrogens is 349 g/mol. The number of benzene rings is 2. The maximum Gasteiger partial charge on any atom is 0.345 e. The zero-order valence-electron chi connectivity index (χ0n) is 13.1. The van der Waals surface area contributed by atoms with E-state index in [2.05, 4.69) is 10.1 Å². The highest BCUT2D eigenvalue weighted by atomic mass is 19.1. The Balaban J connectivity index is 1.89. The first-order valence-corrected chi connectivity index (χ1v) is 7.14. The van der Waals surface area contributed by atoms with Gasteiger partial charge in [-0.3, -0.25) is 20.2 Å². The molecule has 26 heavy (non-hydrogen) atoms. The van der Waals surface area contributed by atoms with Crippen molar-refractivity contribution in [3.05, 3.63) is 70.0 Å². The second kappa shape index (κ2) is 8.33.